The molecule has 0 spiro atoms. The van der Waals surface area contributed by atoms with Crippen molar-refractivity contribution in [1.82, 2.24) is 0 Å². The third kappa shape index (κ3) is 5.94. The lowest BCUT2D eigenvalue weighted by Gasteiger charge is -2.58. The highest BCUT2D eigenvalue weighted by Crippen LogP contribution is 2.67. The Hall–Kier alpha value is -2.56. The van der Waals surface area contributed by atoms with E-state index in [4.69, 9.17) is 13.9 Å². The minimum Gasteiger partial charge on any atom is -0.482 e. The Kier molecular flexibility index (Phi) is 8.56. The summed E-state index contributed by atoms with van der Waals surface area (Å²) in [5.74, 6) is 5.10. The Balaban J connectivity index is 1.05. The van der Waals surface area contributed by atoms with E-state index in [1.165, 1.54) is 63.0 Å². The second kappa shape index (κ2) is 12.1. The summed E-state index contributed by atoms with van der Waals surface area (Å²) in [7, 11) is 0. The molecule has 3 saturated carbocycles. The number of allylic oxidation sites excluding steroid dienone is 1. The smallest absolute Gasteiger partial charge is 0.344 e. The van der Waals surface area contributed by atoms with Gasteiger partial charge < -0.3 is 13.9 Å². The van der Waals surface area contributed by atoms with Crippen molar-refractivity contribution < 1.29 is 18.7 Å². The zero-order valence-electron chi connectivity index (χ0n) is 27.0. The van der Waals surface area contributed by atoms with Crippen LogP contribution in [0, 0.1) is 46.3 Å². The summed E-state index contributed by atoms with van der Waals surface area (Å²) in [5.41, 5.74) is 2.31. The van der Waals surface area contributed by atoms with Gasteiger partial charge in [-0.05, 0) is 109 Å². The van der Waals surface area contributed by atoms with E-state index in [9.17, 15) is 9.59 Å². The van der Waals surface area contributed by atoms with E-state index in [1.54, 1.807) is 18.2 Å². The summed E-state index contributed by atoms with van der Waals surface area (Å²) >= 11 is 0. The van der Waals surface area contributed by atoms with Gasteiger partial charge in [0.15, 0.2) is 6.61 Å². The Labute approximate surface area is 257 Å². The molecule has 4 aliphatic carbocycles. The van der Waals surface area contributed by atoms with Gasteiger partial charge in [-0.1, -0.05) is 65.5 Å². The lowest BCUT2D eigenvalue weighted by Crippen LogP contribution is -2.51. The summed E-state index contributed by atoms with van der Waals surface area (Å²) in [4.78, 5) is 24.3. The van der Waals surface area contributed by atoms with Gasteiger partial charge in [-0.15, -0.1) is 0 Å². The minimum absolute atomic E-state index is 0.0852. The Morgan fingerprint density at radius 1 is 1.00 bits per heavy atom. The van der Waals surface area contributed by atoms with Crippen molar-refractivity contribution >= 4 is 16.9 Å². The molecule has 43 heavy (non-hydrogen) atoms. The summed E-state index contributed by atoms with van der Waals surface area (Å²) in [6, 6.07) is 8.35. The van der Waals surface area contributed by atoms with Gasteiger partial charge in [0.25, 0.3) is 0 Å². The van der Waals surface area contributed by atoms with Crippen molar-refractivity contribution in [3.8, 4) is 5.75 Å². The second-order valence-electron chi connectivity index (χ2n) is 15.4. The molecule has 0 saturated heterocycles. The predicted molar refractivity (Wildman–Crippen MR) is 171 cm³/mol. The van der Waals surface area contributed by atoms with Crippen LogP contribution in [0.3, 0.4) is 0 Å². The molecule has 1 aromatic carbocycles. The van der Waals surface area contributed by atoms with Crippen LogP contribution in [-0.2, 0) is 9.53 Å². The van der Waals surface area contributed by atoms with E-state index in [0.29, 0.717) is 16.7 Å². The Morgan fingerprint density at radius 2 is 1.81 bits per heavy atom. The quantitative estimate of drug-likeness (QED) is 0.166. The van der Waals surface area contributed by atoms with Gasteiger partial charge in [-0.3, -0.25) is 0 Å². The molecule has 0 radical (unpaired) electrons. The third-order valence-electron chi connectivity index (χ3n) is 12.5. The molecule has 2 aromatic rings. The van der Waals surface area contributed by atoms with Crippen molar-refractivity contribution in [2.45, 2.75) is 111 Å². The lowest BCUT2D eigenvalue weighted by molar-refractivity contribution is -0.153. The average molecular weight is 589 g/mol. The average Bonchev–Trinajstić information content (AvgIpc) is 3.33. The molecule has 234 valence electrons. The van der Waals surface area contributed by atoms with Gasteiger partial charge in [-0.2, -0.15) is 0 Å². The predicted octanol–water partition coefficient (Wildman–Crippen LogP) is 9.13. The van der Waals surface area contributed by atoms with E-state index in [1.807, 2.05) is 6.07 Å². The molecule has 6 rings (SSSR count). The highest BCUT2D eigenvalue weighted by molar-refractivity contribution is 5.78. The van der Waals surface area contributed by atoms with Crippen molar-refractivity contribution in [3.63, 3.8) is 0 Å². The van der Waals surface area contributed by atoms with Crippen LogP contribution in [0.25, 0.3) is 11.0 Å². The largest absolute Gasteiger partial charge is 0.482 e. The number of esters is 1. The third-order valence-corrected chi connectivity index (χ3v) is 12.5. The van der Waals surface area contributed by atoms with Gasteiger partial charge in [0.2, 0.25) is 0 Å². The molecule has 8 atom stereocenters. The van der Waals surface area contributed by atoms with E-state index in [0.717, 1.165) is 60.2 Å². The molecule has 0 unspecified atom stereocenters. The summed E-state index contributed by atoms with van der Waals surface area (Å²) in [6.45, 7) is 12.3. The molecule has 1 heterocycles. The van der Waals surface area contributed by atoms with Crippen molar-refractivity contribution in [2.24, 2.45) is 46.3 Å². The molecule has 0 bridgehead atoms. The monoisotopic (exact) mass is 588 g/mol. The maximum atomic E-state index is 12.8. The fourth-order valence-electron chi connectivity index (χ4n) is 10.2. The van der Waals surface area contributed by atoms with Crippen LogP contribution in [0.4, 0.5) is 0 Å². The van der Waals surface area contributed by atoms with Crippen LogP contribution in [0.5, 0.6) is 5.75 Å². The number of carbonyl (C=O) groups excluding carboxylic acids is 1. The number of ether oxygens (including phenoxy) is 2. The normalized spacial score (nSPS) is 34.2. The van der Waals surface area contributed by atoms with Gasteiger partial charge in [-0.25, -0.2) is 9.59 Å². The van der Waals surface area contributed by atoms with Gasteiger partial charge in [0, 0.05) is 23.9 Å². The zero-order valence-corrected chi connectivity index (χ0v) is 27.0. The maximum Gasteiger partial charge on any atom is 0.344 e. The van der Waals surface area contributed by atoms with Crippen LogP contribution < -0.4 is 10.4 Å². The topological polar surface area (TPSA) is 65.7 Å². The lowest BCUT2D eigenvalue weighted by atomic mass is 9.47. The first kappa shape index (κ1) is 30.5. The first-order chi connectivity index (χ1) is 20.6. The van der Waals surface area contributed by atoms with E-state index < -0.39 is 5.63 Å². The van der Waals surface area contributed by atoms with E-state index in [2.05, 4.69) is 40.7 Å². The summed E-state index contributed by atoms with van der Waals surface area (Å²) in [5, 5.41) is 0.810. The second-order valence-corrected chi connectivity index (χ2v) is 15.4. The standard InChI is InChI=1S/C38H52O5/c1-24(2)7-6-8-25(3)31-14-15-32-30-13-11-27-21-29(17-19-37(27,4)33(30)18-20-38(31,32)5)42-36(40)23-41-28-12-9-26-10-16-35(39)43-34(26)22-28/h9-12,16,22,24-25,29-33H,6-8,13-15,17-21,23H2,1-5H3/t25-,29+,30-,31-,32-,33+,37+,38-/m1/s1. The molecular formula is C38H52O5. The molecule has 4 aliphatic rings. The Morgan fingerprint density at radius 3 is 2.63 bits per heavy atom. The van der Waals surface area contributed by atoms with Crippen LogP contribution in [-0.4, -0.2) is 18.7 Å². The Bertz CT molecular complexity index is 1400. The number of hydrogen-bond donors (Lipinski definition) is 0. The number of benzene rings is 1. The van der Waals surface area contributed by atoms with Crippen LogP contribution >= 0.6 is 0 Å². The van der Waals surface area contributed by atoms with Gasteiger partial charge >= 0.3 is 11.6 Å². The molecule has 3 fully saturated rings. The van der Waals surface area contributed by atoms with Crippen LogP contribution in [0.15, 0.2) is 51.2 Å². The SMILES string of the molecule is CC(C)CCC[C@@H](C)[C@H]1CC[C@@H]2[C@H]3CC=C4C[C@@H](OC(=O)COc5ccc6ccc(=O)oc6c5)CC[C@]4(C)[C@H]3CC[C@@]21C. The van der Waals surface area contributed by atoms with Crippen LogP contribution in [0.2, 0.25) is 0 Å². The fourth-order valence-corrected chi connectivity index (χ4v) is 10.2. The zero-order chi connectivity index (χ0) is 30.4. The van der Waals surface area contributed by atoms with Crippen molar-refractivity contribution in [3.05, 3.63) is 52.4 Å². The molecule has 5 heteroatoms. The molecular weight excluding hydrogens is 536 g/mol. The maximum absolute atomic E-state index is 12.8. The summed E-state index contributed by atoms with van der Waals surface area (Å²) in [6.07, 6.45) is 16.3. The number of carbonyl (C=O) groups is 1. The molecule has 0 N–H and O–H groups in total. The van der Waals surface area contributed by atoms with E-state index in [-0.39, 0.29) is 24.1 Å². The molecule has 5 nitrogen and oxygen atoms in total. The first-order valence-electron chi connectivity index (χ1n) is 17.1. The van der Waals surface area contributed by atoms with Gasteiger partial charge in [0.05, 0.1) is 0 Å². The fraction of sp³-hybridized carbons (Fsp3) is 0.684. The number of rotatable bonds is 9. The minimum atomic E-state index is -0.409. The van der Waals surface area contributed by atoms with Crippen molar-refractivity contribution in [2.75, 3.05) is 6.61 Å². The highest BCUT2D eigenvalue weighted by Gasteiger charge is 2.59. The number of fused-ring (bicyclic) bond motifs is 6. The van der Waals surface area contributed by atoms with Crippen LogP contribution in [0.1, 0.15) is 105 Å². The van der Waals surface area contributed by atoms with Gasteiger partial charge in [0.1, 0.15) is 17.4 Å². The number of hydrogen-bond acceptors (Lipinski definition) is 5. The first-order valence-corrected chi connectivity index (χ1v) is 17.1. The summed E-state index contributed by atoms with van der Waals surface area (Å²) < 4.78 is 16.9. The highest BCUT2D eigenvalue weighted by atomic mass is 16.6. The van der Waals surface area contributed by atoms with Crippen molar-refractivity contribution in [1.29, 1.82) is 0 Å². The molecule has 0 amide bonds. The van der Waals surface area contributed by atoms with E-state index >= 15 is 0 Å². The molecule has 0 aliphatic heterocycles. The molecule has 1 aromatic heterocycles.